The summed E-state index contributed by atoms with van der Waals surface area (Å²) in [4.78, 5) is 13.0. The Hall–Kier alpha value is -1.80. The lowest BCUT2D eigenvalue weighted by Gasteiger charge is -2.06. The summed E-state index contributed by atoms with van der Waals surface area (Å²) in [7, 11) is 0. The molecule has 1 aromatic carbocycles. The third-order valence-corrected chi connectivity index (χ3v) is 4.12. The number of amides is 1. The summed E-state index contributed by atoms with van der Waals surface area (Å²) in [6.45, 7) is 0.795. The molecule has 0 spiro atoms. The lowest BCUT2D eigenvalue weighted by Crippen LogP contribution is -2.24. The minimum absolute atomic E-state index is 0.0609. The highest BCUT2D eigenvalue weighted by atomic mass is 35.5. The van der Waals surface area contributed by atoms with E-state index in [1.807, 2.05) is 29.6 Å². The van der Waals surface area contributed by atoms with E-state index in [0.29, 0.717) is 18.1 Å². The van der Waals surface area contributed by atoms with Gasteiger partial charge in [0.05, 0.1) is 19.5 Å². The van der Waals surface area contributed by atoms with Crippen molar-refractivity contribution < 1.29 is 4.79 Å². The van der Waals surface area contributed by atoms with E-state index in [9.17, 15) is 4.79 Å². The molecule has 0 saturated heterocycles. The van der Waals surface area contributed by atoms with E-state index in [1.54, 1.807) is 17.4 Å². The fourth-order valence-electron chi connectivity index (χ4n) is 1.79. The highest BCUT2D eigenvalue weighted by molar-refractivity contribution is 7.10. The maximum atomic E-state index is 12.0. The number of nitrogens with two attached hydrogens (primary N) is 1. The normalized spacial score (nSPS) is 9.81. The van der Waals surface area contributed by atoms with Crippen LogP contribution < -0.4 is 11.1 Å². The molecule has 0 unspecified atom stereocenters. The molecule has 3 nitrogen and oxygen atoms in total. The van der Waals surface area contributed by atoms with Crippen LogP contribution in [0.1, 0.15) is 16.0 Å². The SMILES string of the molecule is NCC#Cc1ccsc1CNC(=O)Cc1ccccc1Cl. The summed E-state index contributed by atoms with van der Waals surface area (Å²) in [5, 5.41) is 5.46. The second-order valence-electron chi connectivity index (χ2n) is 4.31. The lowest BCUT2D eigenvalue weighted by molar-refractivity contribution is -0.120. The van der Waals surface area contributed by atoms with Gasteiger partial charge in [0.25, 0.3) is 0 Å². The predicted molar refractivity (Wildman–Crippen MR) is 87.3 cm³/mol. The van der Waals surface area contributed by atoms with E-state index in [-0.39, 0.29) is 12.3 Å². The number of benzene rings is 1. The van der Waals surface area contributed by atoms with Crippen molar-refractivity contribution in [3.05, 3.63) is 56.7 Å². The summed E-state index contributed by atoms with van der Waals surface area (Å²) in [5.41, 5.74) is 7.11. The minimum Gasteiger partial charge on any atom is -0.351 e. The third-order valence-electron chi connectivity index (χ3n) is 2.83. The van der Waals surface area contributed by atoms with Gasteiger partial charge in [-0.05, 0) is 23.1 Å². The van der Waals surface area contributed by atoms with E-state index in [1.165, 1.54) is 0 Å². The Bertz CT molecular complexity index is 685. The Kier molecular flexibility index (Phi) is 5.82. The highest BCUT2D eigenvalue weighted by Gasteiger charge is 2.08. The molecule has 5 heteroatoms. The first kappa shape index (κ1) is 15.6. The zero-order chi connectivity index (χ0) is 15.1. The van der Waals surface area contributed by atoms with Crippen molar-refractivity contribution >= 4 is 28.8 Å². The van der Waals surface area contributed by atoms with Crippen molar-refractivity contribution in [3.8, 4) is 11.8 Å². The Morgan fingerprint density at radius 3 is 2.90 bits per heavy atom. The van der Waals surface area contributed by atoms with Crippen molar-refractivity contribution in [2.45, 2.75) is 13.0 Å². The van der Waals surface area contributed by atoms with E-state index in [4.69, 9.17) is 17.3 Å². The molecule has 0 radical (unpaired) electrons. The fraction of sp³-hybridized carbons (Fsp3) is 0.188. The molecule has 2 aromatic rings. The quantitative estimate of drug-likeness (QED) is 0.851. The van der Waals surface area contributed by atoms with Crippen LogP contribution in [0.15, 0.2) is 35.7 Å². The van der Waals surface area contributed by atoms with Gasteiger partial charge in [-0.15, -0.1) is 11.3 Å². The molecule has 2 rings (SSSR count). The van der Waals surface area contributed by atoms with Crippen LogP contribution in [-0.2, 0) is 17.8 Å². The number of thiophene rings is 1. The molecule has 1 aromatic heterocycles. The van der Waals surface area contributed by atoms with Crippen molar-refractivity contribution in [2.75, 3.05) is 6.54 Å². The fourth-order valence-corrected chi connectivity index (χ4v) is 2.76. The van der Waals surface area contributed by atoms with E-state index >= 15 is 0 Å². The van der Waals surface area contributed by atoms with Crippen LogP contribution in [0.3, 0.4) is 0 Å². The van der Waals surface area contributed by atoms with Crippen LogP contribution in [0, 0.1) is 11.8 Å². The van der Waals surface area contributed by atoms with Gasteiger partial charge in [0.2, 0.25) is 5.91 Å². The summed E-state index contributed by atoms with van der Waals surface area (Å²) in [6, 6.07) is 9.28. The van der Waals surface area contributed by atoms with Crippen molar-refractivity contribution in [2.24, 2.45) is 5.73 Å². The monoisotopic (exact) mass is 318 g/mol. The Morgan fingerprint density at radius 2 is 2.14 bits per heavy atom. The van der Waals surface area contributed by atoms with E-state index in [0.717, 1.165) is 16.0 Å². The van der Waals surface area contributed by atoms with Gasteiger partial charge in [-0.2, -0.15) is 0 Å². The van der Waals surface area contributed by atoms with Gasteiger partial charge < -0.3 is 11.1 Å². The Balaban J connectivity index is 1.93. The molecule has 108 valence electrons. The van der Waals surface area contributed by atoms with Crippen LogP contribution in [0.25, 0.3) is 0 Å². The second-order valence-corrected chi connectivity index (χ2v) is 5.72. The summed E-state index contributed by atoms with van der Waals surface area (Å²) >= 11 is 7.61. The number of rotatable bonds is 4. The smallest absolute Gasteiger partial charge is 0.224 e. The van der Waals surface area contributed by atoms with Gasteiger partial charge in [-0.3, -0.25) is 4.79 Å². The number of hydrogen-bond acceptors (Lipinski definition) is 3. The summed E-state index contributed by atoms with van der Waals surface area (Å²) in [5.74, 6) is 5.76. The first-order chi connectivity index (χ1) is 10.2. The van der Waals surface area contributed by atoms with Gasteiger partial charge in [-0.1, -0.05) is 41.6 Å². The average Bonchev–Trinajstić information content (AvgIpc) is 2.93. The first-order valence-electron chi connectivity index (χ1n) is 6.46. The molecule has 3 N–H and O–H groups in total. The molecule has 0 bridgehead atoms. The molecular weight excluding hydrogens is 304 g/mol. The molecule has 1 heterocycles. The van der Waals surface area contributed by atoms with Gasteiger partial charge in [0.15, 0.2) is 0 Å². The van der Waals surface area contributed by atoms with Crippen LogP contribution in [0.2, 0.25) is 5.02 Å². The number of carbonyl (C=O) groups excluding carboxylic acids is 1. The second kappa shape index (κ2) is 7.84. The molecule has 0 atom stereocenters. The molecule has 0 saturated carbocycles. The molecular formula is C16H15ClN2OS. The maximum absolute atomic E-state index is 12.0. The predicted octanol–water partition coefficient (Wildman–Crippen LogP) is 2.57. The van der Waals surface area contributed by atoms with Gasteiger partial charge in [-0.25, -0.2) is 0 Å². The van der Waals surface area contributed by atoms with Gasteiger partial charge >= 0.3 is 0 Å². The van der Waals surface area contributed by atoms with Crippen LogP contribution >= 0.6 is 22.9 Å². The molecule has 0 aliphatic carbocycles. The van der Waals surface area contributed by atoms with Gasteiger partial charge in [0.1, 0.15) is 0 Å². The van der Waals surface area contributed by atoms with Crippen molar-refractivity contribution in [3.63, 3.8) is 0 Å². The van der Waals surface area contributed by atoms with Crippen LogP contribution in [-0.4, -0.2) is 12.5 Å². The molecule has 0 aliphatic rings. The molecule has 0 aliphatic heterocycles. The highest BCUT2D eigenvalue weighted by Crippen LogP contribution is 2.17. The largest absolute Gasteiger partial charge is 0.351 e. The first-order valence-corrected chi connectivity index (χ1v) is 7.72. The van der Waals surface area contributed by atoms with Crippen molar-refractivity contribution in [1.29, 1.82) is 0 Å². The van der Waals surface area contributed by atoms with Crippen molar-refractivity contribution in [1.82, 2.24) is 5.32 Å². The molecule has 21 heavy (non-hydrogen) atoms. The number of nitrogens with one attached hydrogen (secondary N) is 1. The van der Waals surface area contributed by atoms with E-state index < -0.39 is 0 Å². The Labute approximate surface area is 133 Å². The summed E-state index contributed by atoms with van der Waals surface area (Å²) in [6.07, 6.45) is 0.273. The third kappa shape index (κ3) is 4.61. The zero-order valence-corrected chi connectivity index (χ0v) is 12.9. The van der Waals surface area contributed by atoms with Crippen LogP contribution in [0.4, 0.5) is 0 Å². The topological polar surface area (TPSA) is 55.1 Å². The average molecular weight is 319 g/mol. The Morgan fingerprint density at radius 1 is 1.33 bits per heavy atom. The standard InChI is InChI=1S/C16H15ClN2OS/c17-14-6-2-1-4-13(14)10-16(20)19-11-15-12(5-3-8-18)7-9-21-15/h1-2,4,6-7,9H,8,10-11,18H2,(H,19,20). The maximum Gasteiger partial charge on any atom is 0.224 e. The van der Waals surface area contributed by atoms with E-state index in [2.05, 4.69) is 17.2 Å². The summed E-state index contributed by atoms with van der Waals surface area (Å²) < 4.78 is 0. The molecule has 0 fully saturated rings. The zero-order valence-electron chi connectivity index (χ0n) is 11.4. The molecule has 1 amide bonds. The lowest BCUT2D eigenvalue weighted by atomic mass is 10.1. The number of carbonyl (C=O) groups is 1. The minimum atomic E-state index is -0.0609. The van der Waals surface area contributed by atoms with Gasteiger partial charge in [0, 0.05) is 15.5 Å². The van der Waals surface area contributed by atoms with Crippen LogP contribution in [0.5, 0.6) is 0 Å². The number of halogens is 1. The number of hydrogen-bond donors (Lipinski definition) is 2.